The first kappa shape index (κ1) is 17.2. The minimum absolute atomic E-state index is 0.0112. The molecule has 25 heavy (non-hydrogen) atoms. The normalized spacial score (nSPS) is 17.4. The van der Waals surface area contributed by atoms with Gasteiger partial charge in [0.1, 0.15) is 5.75 Å². The van der Waals surface area contributed by atoms with Gasteiger partial charge in [0.15, 0.2) is 5.75 Å². The minimum atomic E-state index is -0.397. The number of hydrogen-bond acceptors (Lipinski definition) is 5. The van der Waals surface area contributed by atoms with Gasteiger partial charge in [-0.15, -0.1) is 0 Å². The molecule has 1 atom stereocenters. The van der Waals surface area contributed by atoms with Crippen molar-refractivity contribution in [3.05, 3.63) is 63.7 Å². The van der Waals surface area contributed by atoms with Gasteiger partial charge < -0.3 is 9.47 Å². The van der Waals surface area contributed by atoms with E-state index >= 15 is 0 Å². The van der Waals surface area contributed by atoms with Crippen LogP contribution in [-0.2, 0) is 6.54 Å². The summed E-state index contributed by atoms with van der Waals surface area (Å²) in [6.07, 6.45) is 2.19. The second kappa shape index (κ2) is 7.53. The Morgan fingerprint density at radius 1 is 1.20 bits per heavy atom. The largest absolute Gasteiger partial charge is 0.497 e. The zero-order valence-electron chi connectivity index (χ0n) is 14.5. The summed E-state index contributed by atoms with van der Waals surface area (Å²) >= 11 is 0. The van der Waals surface area contributed by atoms with E-state index in [1.165, 1.54) is 12.7 Å². The van der Waals surface area contributed by atoms with E-state index in [2.05, 4.69) is 17.0 Å². The molecule has 1 saturated heterocycles. The lowest BCUT2D eigenvalue weighted by Crippen LogP contribution is -2.22. The van der Waals surface area contributed by atoms with Gasteiger partial charge in [0.25, 0.3) is 0 Å². The summed E-state index contributed by atoms with van der Waals surface area (Å²) in [5.41, 5.74) is 2.15. The Labute approximate surface area is 147 Å². The monoisotopic (exact) mass is 342 g/mol. The van der Waals surface area contributed by atoms with Gasteiger partial charge in [0.05, 0.1) is 19.1 Å². The Morgan fingerprint density at radius 3 is 2.76 bits per heavy atom. The Kier molecular flexibility index (Phi) is 5.19. The van der Waals surface area contributed by atoms with E-state index in [9.17, 15) is 10.1 Å². The summed E-state index contributed by atoms with van der Waals surface area (Å²) < 4.78 is 10.4. The molecule has 1 heterocycles. The SMILES string of the molecule is COc1cccc(C2CCCN2Cc2ccc(OC)c([N+](=O)[O-])c2)c1. The number of hydrogen-bond donors (Lipinski definition) is 0. The molecule has 6 nitrogen and oxygen atoms in total. The maximum atomic E-state index is 11.2. The van der Waals surface area contributed by atoms with Crippen molar-refractivity contribution >= 4 is 5.69 Å². The maximum absolute atomic E-state index is 11.2. The topological polar surface area (TPSA) is 64.8 Å². The van der Waals surface area contributed by atoms with E-state index in [0.29, 0.717) is 18.3 Å². The molecular formula is C19H22N2O4. The molecule has 1 aliphatic rings. The lowest BCUT2D eigenvalue weighted by atomic mass is 10.0. The van der Waals surface area contributed by atoms with E-state index in [-0.39, 0.29) is 5.69 Å². The predicted octanol–water partition coefficient (Wildman–Crippen LogP) is 3.95. The molecule has 0 amide bonds. The highest BCUT2D eigenvalue weighted by Gasteiger charge is 2.27. The summed E-state index contributed by atoms with van der Waals surface area (Å²) in [6.45, 7) is 1.65. The first-order valence-electron chi connectivity index (χ1n) is 8.31. The smallest absolute Gasteiger partial charge is 0.311 e. The predicted molar refractivity (Wildman–Crippen MR) is 95.0 cm³/mol. The van der Waals surface area contributed by atoms with Crippen molar-refractivity contribution < 1.29 is 14.4 Å². The molecule has 3 rings (SSSR count). The van der Waals surface area contributed by atoms with E-state index in [1.807, 2.05) is 18.2 Å². The molecule has 1 unspecified atom stereocenters. The highest BCUT2D eigenvalue weighted by atomic mass is 16.6. The molecule has 6 heteroatoms. The van der Waals surface area contributed by atoms with Gasteiger partial charge in [0, 0.05) is 18.7 Å². The van der Waals surface area contributed by atoms with Crippen LogP contribution in [-0.4, -0.2) is 30.6 Å². The van der Waals surface area contributed by atoms with Crippen LogP contribution in [0.2, 0.25) is 0 Å². The number of nitro groups is 1. The molecule has 0 aromatic heterocycles. The fraction of sp³-hybridized carbons (Fsp3) is 0.368. The Bertz CT molecular complexity index is 763. The highest BCUT2D eigenvalue weighted by molar-refractivity contribution is 5.48. The Hall–Kier alpha value is -2.60. The van der Waals surface area contributed by atoms with Crippen LogP contribution in [0.5, 0.6) is 11.5 Å². The van der Waals surface area contributed by atoms with Crippen LogP contribution in [0.1, 0.15) is 30.0 Å². The molecule has 1 aliphatic heterocycles. The molecule has 132 valence electrons. The van der Waals surface area contributed by atoms with Gasteiger partial charge in [-0.05, 0) is 48.7 Å². The summed E-state index contributed by atoms with van der Waals surface area (Å²) in [6, 6.07) is 13.6. The number of rotatable bonds is 6. The third-order valence-electron chi connectivity index (χ3n) is 4.67. The van der Waals surface area contributed by atoms with Crippen molar-refractivity contribution in [3.63, 3.8) is 0 Å². The highest BCUT2D eigenvalue weighted by Crippen LogP contribution is 2.35. The summed E-state index contributed by atoms with van der Waals surface area (Å²) in [4.78, 5) is 13.2. The first-order valence-corrected chi connectivity index (χ1v) is 8.31. The van der Waals surface area contributed by atoms with Crippen molar-refractivity contribution in [2.45, 2.75) is 25.4 Å². The molecule has 1 fully saturated rings. The van der Waals surface area contributed by atoms with Crippen LogP contribution >= 0.6 is 0 Å². The molecule has 0 bridgehead atoms. The van der Waals surface area contributed by atoms with E-state index in [4.69, 9.17) is 9.47 Å². The molecule has 0 radical (unpaired) electrons. The van der Waals surface area contributed by atoms with E-state index in [1.54, 1.807) is 19.2 Å². The number of ether oxygens (including phenoxy) is 2. The second-order valence-corrected chi connectivity index (χ2v) is 6.17. The fourth-order valence-electron chi connectivity index (χ4n) is 3.45. The summed E-state index contributed by atoms with van der Waals surface area (Å²) in [5.74, 6) is 1.14. The van der Waals surface area contributed by atoms with Gasteiger partial charge >= 0.3 is 5.69 Å². The number of nitro benzene ring substituents is 1. The summed E-state index contributed by atoms with van der Waals surface area (Å²) in [5, 5.41) is 11.2. The van der Waals surface area contributed by atoms with Crippen LogP contribution in [0.25, 0.3) is 0 Å². The van der Waals surface area contributed by atoms with Crippen LogP contribution in [0.3, 0.4) is 0 Å². The third-order valence-corrected chi connectivity index (χ3v) is 4.67. The first-order chi connectivity index (χ1) is 12.1. The molecule has 0 aliphatic carbocycles. The van der Waals surface area contributed by atoms with Crippen molar-refractivity contribution in [1.29, 1.82) is 0 Å². The fourth-order valence-corrected chi connectivity index (χ4v) is 3.45. The zero-order chi connectivity index (χ0) is 17.8. The number of benzene rings is 2. The summed E-state index contributed by atoms with van der Waals surface area (Å²) in [7, 11) is 3.11. The maximum Gasteiger partial charge on any atom is 0.311 e. The van der Waals surface area contributed by atoms with Crippen molar-refractivity contribution in [2.24, 2.45) is 0 Å². The molecule has 2 aromatic carbocycles. The number of likely N-dealkylation sites (tertiary alicyclic amines) is 1. The van der Waals surface area contributed by atoms with Gasteiger partial charge in [-0.25, -0.2) is 0 Å². The van der Waals surface area contributed by atoms with Gasteiger partial charge in [-0.3, -0.25) is 15.0 Å². The van der Waals surface area contributed by atoms with Crippen LogP contribution in [0, 0.1) is 10.1 Å². The quantitative estimate of drug-likeness (QED) is 0.587. The third kappa shape index (κ3) is 3.74. The van der Waals surface area contributed by atoms with Gasteiger partial charge in [-0.2, -0.15) is 0 Å². The average molecular weight is 342 g/mol. The van der Waals surface area contributed by atoms with Crippen LogP contribution in [0.15, 0.2) is 42.5 Å². The van der Waals surface area contributed by atoms with Crippen molar-refractivity contribution in [2.75, 3.05) is 20.8 Å². The standard InChI is InChI=1S/C19H22N2O4/c1-24-16-6-3-5-15(12-16)17-7-4-10-20(17)13-14-8-9-19(25-2)18(11-14)21(22)23/h3,5-6,8-9,11-12,17H,4,7,10,13H2,1-2H3. The molecular weight excluding hydrogens is 320 g/mol. The number of methoxy groups -OCH3 is 2. The van der Waals surface area contributed by atoms with Crippen molar-refractivity contribution in [1.82, 2.24) is 4.90 Å². The molecule has 0 spiro atoms. The minimum Gasteiger partial charge on any atom is -0.497 e. The van der Waals surface area contributed by atoms with Crippen LogP contribution < -0.4 is 9.47 Å². The second-order valence-electron chi connectivity index (χ2n) is 6.17. The molecule has 0 saturated carbocycles. The number of nitrogens with zero attached hydrogens (tertiary/aromatic N) is 2. The average Bonchev–Trinajstić information content (AvgIpc) is 3.09. The molecule has 0 N–H and O–H groups in total. The van der Waals surface area contributed by atoms with Gasteiger partial charge in [0.2, 0.25) is 0 Å². The lowest BCUT2D eigenvalue weighted by molar-refractivity contribution is -0.385. The van der Waals surface area contributed by atoms with E-state index < -0.39 is 4.92 Å². The zero-order valence-corrected chi connectivity index (χ0v) is 14.5. The van der Waals surface area contributed by atoms with E-state index in [0.717, 1.165) is 30.7 Å². The van der Waals surface area contributed by atoms with Crippen LogP contribution in [0.4, 0.5) is 5.69 Å². The molecule has 2 aromatic rings. The lowest BCUT2D eigenvalue weighted by Gasteiger charge is -2.25. The van der Waals surface area contributed by atoms with Crippen molar-refractivity contribution in [3.8, 4) is 11.5 Å². The van der Waals surface area contributed by atoms with Gasteiger partial charge in [-0.1, -0.05) is 18.2 Å². The Morgan fingerprint density at radius 2 is 2.04 bits per heavy atom. The Balaban J connectivity index is 1.82.